The molecule has 0 radical (unpaired) electrons. The molecule has 1 fully saturated rings. The normalized spacial score (nSPS) is 14.0. The largest absolute Gasteiger partial charge is 0.478 e. The van der Waals surface area contributed by atoms with Gasteiger partial charge in [0, 0.05) is 30.9 Å². The van der Waals surface area contributed by atoms with Crippen LogP contribution in [0.3, 0.4) is 0 Å². The lowest BCUT2D eigenvalue weighted by Gasteiger charge is -2.16. The molecular formula is C14H17NO4. The topological polar surface area (TPSA) is 77.8 Å². The van der Waals surface area contributed by atoms with Crippen molar-refractivity contribution in [1.29, 1.82) is 0 Å². The first-order chi connectivity index (χ1) is 9.09. The maximum Gasteiger partial charge on any atom is 0.328 e. The smallest absolute Gasteiger partial charge is 0.328 e. The van der Waals surface area contributed by atoms with E-state index in [-0.39, 0.29) is 0 Å². The van der Waals surface area contributed by atoms with Gasteiger partial charge in [-0.05, 0) is 25.0 Å². The number of carboxylic acids is 2. The van der Waals surface area contributed by atoms with Gasteiger partial charge in [0.1, 0.15) is 0 Å². The van der Waals surface area contributed by atoms with Gasteiger partial charge in [0.2, 0.25) is 0 Å². The molecule has 0 bridgehead atoms. The zero-order chi connectivity index (χ0) is 14.1. The fraction of sp³-hybridized carbons (Fsp3) is 0.286. The second-order valence-corrected chi connectivity index (χ2v) is 4.04. The van der Waals surface area contributed by atoms with E-state index in [1.54, 1.807) is 0 Å². The molecule has 5 nitrogen and oxygen atoms in total. The van der Waals surface area contributed by atoms with Crippen molar-refractivity contribution in [3.05, 3.63) is 42.5 Å². The average molecular weight is 263 g/mol. The molecule has 5 heteroatoms. The highest BCUT2D eigenvalue weighted by Crippen LogP contribution is 2.18. The Labute approximate surface area is 111 Å². The van der Waals surface area contributed by atoms with Crippen molar-refractivity contribution in [1.82, 2.24) is 0 Å². The van der Waals surface area contributed by atoms with E-state index < -0.39 is 11.9 Å². The SMILES string of the molecule is O=C(O)C=CC(=O)O.c1ccc(N2CCCC2)cc1. The van der Waals surface area contributed by atoms with E-state index in [2.05, 4.69) is 35.2 Å². The highest BCUT2D eigenvalue weighted by molar-refractivity contribution is 5.89. The molecule has 19 heavy (non-hydrogen) atoms. The predicted octanol–water partition coefficient (Wildman–Crippen LogP) is 2.00. The Hall–Kier alpha value is -2.30. The quantitative estimate of drug-likeness (QED) is 0.815. The molecule has 1 aromatic carbocycles. The lowest BCUT2D eigenvalue weighted by molar-refractivity contribution is -0.134. The lowest BCUT2D eigenvalue weighted by atomic mass is 10.3. The number of nitrogens with zero attached hydrogens (tertiary/aromatic N) is 1. The number of aliphatic carboxylic acids is 2. The minimum atomic E-state index is -1.26. The molecule has 1 aliphatic heterocycles. The van der Waals surface area contributed by atoms with Gasteiger partial charge in [0.05, 0.1) is 0 Å². The average Bonchev–Trinajstić information content (AvgIpc) is 2.92. The van der Waals surface area contributed by atoms with Crippen LogP contribution in [0.1, 0.15) is 12.8 Å². The van der Waals surface area contributed by atoms with Gasteiger partial charge in [-0.3, -0.25) is 0 Å². The third-order valence-corrected chi connectivity index (χ3v) is 2.60. The van der Waals surface area contributed by atoms with Gasteiger partial charge in [-0.15, -0.1) is 0 Å². The van der Waals surface area contributed by atoms with Gasteiger partial charge in [-0.1, -0.05) is 18.2 Å². The molecule has 2 N–H and O–H groups in total. The number of carbonyl (C=O) groups is 2. The molecule has 0 saturated carbocycles. The minimum Gasteiger partial charge on any atom is -0.478 e. The first-order valence-corrected chi connectivity index (χ1v) is 6.03. The van der Waals surface area contributed by atoms with Crippen LogP contribution >= 0.6 is 0 Å². The van der Waals surface area contributed by atoms with E-state index in [1.165, 1.54) is 31.6 Å². The van der Waals surface area contributed by atoms with Gasteiger partial charge in [-0.25, -0.2) is 9.59 Å². The van der Waals surface area contributed by atoms with Crippen LogP contribution in [0, 0.1) is 0 Å². The highest BCUT2D eigenvalue weighted by atomic mass is 16.4. The number of para-hydroxylation sites is 1. The first-order valence-electron chi connectivity index (χ1n) is 6.03. The maximum atomic E-state index is 9.55. The summed E-state index contributed by atoms with van der Waals surface area (Å²) in [5.74, 6) is -2.51. The minimum absolute atomic E-state index is 0.558. The molecule has 0 aromatic heterocycles. The molecular weight excluding hydrogens is 246 g/mol. The Balaban J connectivity index is 0.000000203. The fourth-order valence-electron chi connectivity index (χ4n) is 1.76. The van der Waals surface area contributed by atoms with Crippen molar-refractivity contribution in [2.45, 2.75) is 12.8 Å². The van der Waals surface area contributed by atoms with E-state index >= 15 is 0 Å². The molecule has 0 atom stereocenters. The summed E-state index contributed by atoms with van der Waals surface area (Å²) in [6, 6.07) is 10.7. The van der Waals surface area contributed by atoms with E-state index in [4.69, 9.17) is 10.2 Å². The summed E-state index contributed by atoms with van der Waals surface area (Å²) >= 11 is 0. The Bertz CT molecular complexity index is 420. The monoisotopic (exact) mass is 263 g/mol. The van der Waals surface area contributed by atoms with Crippen LogP contribution in [0.2, 0.25) is 0 Å². The Kier molecular flexibility index (Phi) is 6.15. The lowest BCUT2D eigenvalue weighted by Crippen LogP contribution is -2.16. The molecule has 1 saturated heterocycles. The number of hydrogen-bond donors (Lipinski definition) is 2. The van der Waals surface area contributed by atoms with E-state index in [0.29, 0.717) is 12.2 Å². The zero-order valence-corrected chi connectivity index (χ0v) is 10.5. The summed E-state index contributed by atoms with van der Waals surface area (Å²) in [6.45, 7) is 2.48. The van der Waals surface area contributed by atoms with Gasteiger partial charge in [0.15, 0.2) is 0 Å². The second-order valence-electron chi connectivity index (χ2n) is 4.04. The molecule has 0 spiro atoms. The van der Waals surface area contributed by atoms with Crippen LogP contribution in [0.4, 0.5) is 5.69 Å². The summed E-state index contributed by atoms with van der Waals surface area (Å²) in [5.41, 5.74) is 1.38. The van der Waals surface area contributed by atoms with E-state index in [9.17, 15) is 9.59 Å². The molecule has 0 unspecified atom stereocenters. The Morgan fingerprint density at radius 1 is 0.947 bits per heavy atom. The fourth-order valence-corrected chi connectivity index (χ4v) is 1.76. The van der Waals surface area contributed by atoms with Crippen molar-refractivity contribution in [2.24, 2.45) is 0 Å². The molecule has 1 aromatic rings. The van der Waals surface area contributed by atoms with Gasteiger partial charge in [-0.2, -0.15) is 0 Å². The van der Waals surface area contributed by atoms with E-state index in [1.807, 2.05) is 0 Å². The molecule has 2 rings (SSSR count). The van der Waals surface area contributed by atoms with Crippen LogP contribution in [0.5, 0.6) is 0 Å². The van der Waals surface area contributed by atoms with Crippen molar-refractivity contribution in [3.63, 3.8) is 0 Å². The third kappa shape index (κ3) is 6.26. The number of anilines is 1. The van der Waals surface area contributed by atoms with Crippen LogP contribution in [-0.2, 0) is 9.59 Å². The summed E-state index contributed by atoms with van der Waals surface area (Å²) in [6.07, 6.45) is 3.83. The van der Waals surface area contributed by atoms with Gasteiger partial charge >= 0.3 is 11.9 Å². The molecule has 102 valence electrons. The molecule has 1 aliphatic rings. The number of rotatable bonds is 3. The highest BCUT2D eigenvalue weighted by Gasteiger charge is 2.10. The van der Waals surface area contributed by atoms with E-state index in [0.717, 1.165) is 0 Å². The summed E-state index contributed by atoms with van der Waals surface area (Å²) in [7, 11) is 0. The van der Waals surface area contributed by atoms with Crippen molar-refractivity contribution in [2.75, 3.05) is 18.0 Å². The number of carboxylic acid groups (broad SMARTS) is 2. The summed E-state index contributed by atoms with van der Waals surface area (Å²) in [5, 5.41) is 15.6. The van der Waals surface area contributed by atoms with Crippen LogP contribution in [-0.4, -0.2) is 35.2 Å². The Morgan fingerprint density at radius 3 is 1.84 bits per heavy atom. The summed E-state index contributed by atoms with van der Waals surface area (Å²) < 4.78 is 0. The maximum absolute atomic E-state index is 9.55. The number of hydrogen-bond acceptors (Lipinski definition) is 3. The van der Waals surface area contributed by atoms with Crippen molar-refractivity contribution >= 4 is 17.6 Å². The van der Waals surface area contributed by atoms with Gasteiger partial charge in [0.25, 0.3) is 0 Å². The number of benzene rings is 1. The Morgan fingerprint density at radius 2 is 1.42 bits per heavy atom. The zero-order valence-electron chi connectivity index (χ0n) is 10.5. The standard InChI is InChI=1S/C10H13N.C4H4O4/c1-2-6-10(7-3-1)11-8-4-5-9-11;5-3(6)1-2-4(7)8/h1-3,6-7H,4-5,8-9H2;1-2H,(H,5,6)(H,7,8). The predicted molar refractivity (Wildman–Crippen MR) is 72.3 cm³/mol. The van der Waals surface area contributed by atoms with Crippen molar-refractivity contribution < 1.29 is 19.8 Å². The second kappa shape index (κ2) is 7.92. The van der Waals surface area contributed by atoms with Crippen LogP contribution in [0.15, 0.2) is 42.5 Å². The molecule has 0 amide bonds. The van der Waals surface area contributed by atoms with Crippen molar-refractivity contribution in [3.8, 4) is 0 Å². The van der Waals surface area contributed by atoms with Gasteiger partial charge < -0.3 is 15.1 Å². The third-order valence-electron chi connectivity index (χ3n) is 2.60. The van der Waals surface area contributed by atoms with Crippen LogP contribution in [0.25, 0.3) is 0 Å². The van der Waals surface area contributed by atoms with Crippen LogP contribution < -0.4 is 4.90 Å². The summed E-state index contributed by atoms with van der Waals surface area (Å²) in [4.78, 5) is 21.6. The molecule has 0 aliphatic carbocycles. The first kappa shape index (κ1) is 14.8. The molecule has 1 heterocycles.